The maximum Gasteiger partial charge on any atom is 0.306 e. The van der Waals surface area contributed by atoms with E-state index in [1.54, 1.807) is 18.2 Å². The molecule has 0 heterocycles. The molecule has 1 aromatic carbocycles. The van der Waals surface area contributed by atoms with Gasteiger partial charge in [-0.1, -0.05) is 31.0 Å². The molecule has 2 N–H and O–H groups in total. The first-order valence-corrected chi connectivity index (χ1v) is 7.73. The summed E-state index contributed by atoms with van der Waals surface area (Å²) in [4.78, 5) is 11.9. The summed E-state index contributed by atoms with van der Waals surface area (Å²) < 4.78 is 19.7. The number of esters is 1. The number of ether oxygens (including phenoxy) is 1. The lowest BCUT2D eigenvalue weighted by Gasteiger charge is -2.21. The molecular formula is C16H21ClFNO2. The van der Waals surface area contributed by atoms with E-state index in [2.05, 4.69) is 0 Å². The predicted octanol–water partition coefficient (Wildman–Crippen LogP) is 4.24. The molecule has 5 heteroatoms. The zero-order valence-electron chi connectivity index (χ0n) is 12.2. The lowest BCUT2D eigenvalue weighted by atomic mass is 9.89. The lowest BCUT2D eigenvalue weighted by Crippen LogP contribution is -2.21. The number of unbranched alkanes of at least 4 members (excludes halogenated alkanes) is 1. The molecule has 0 saturated heterocycles. The molecular weight excluding hydrogens is 293 g/mol. The first-order chi connectivity index (χ1) is 9.96. The molecule has 1 unspecified atom stereocenters. The van der Waals surface area contributed by atoms with Gasteiger partial charge in [-0.05, 0) is 37.0 Å². The fraction of sp³-hybridized carbons (Fsp3) is 0.562. The van der Waals surface area contributed by atoms with Crippen molar-refractivity contribution >= 4 is 23.3 Å². The van der Waals surface area contributed by atoms with Crippen LogP contribution in [0, 0.1) is 0 Å². The average molecular weight is 314 g/mol. The summed E-state index contributed by atoms with van der Waals surface area (Å²) in [6.07, 6.45) is 2.77. The molecule has 116 valence electrons. The molecule has 2 rings (SSSR count). The summed E-state index contributed by atoms with van der Waals surface area (Å²) in [6, 6.07) is 5.04. The van der Waals surface area contributed by atoms with Crippen molar-refractivity contribution in [3.05, 3.63) is 28.8 Å². The Morgan fingerprint density at radius 3 is 2.81 bits per heavy atom. The molecule has 0 aromatic heterocycles. The van der Waals surface area contributed by atoms with Gasteiger partial charge in [0.25, 0.3) is 0 Å². The van der Waals surface area contributed by atoms with Gasteiger partial charge in [0.05, 0.1) is 23.7 Å². The summed E-state index contributed by atoms with van der Waals surface area (Å²) in [5.41, 5.74) is 5.58. The lowest BCUT2D eigenvalue weighted by molar-refractivity contribution is -0.144. The fourth-order valence-corrected chi connectivity index (χ4v) is 2.52. The second-order valence-corrected chi connectivity index (χ2v) is 6.05. The first-order valence-electron chi connectivity index (χ1n) is 7.35. The normalized spacial score (nSPS) is 17.3. The van der Waals surface area contributed by atoms with Crippen LogP contribution in [0.5, 0.6) is 0 Å². The van der Waals surface area contributed by atoms with E-state index >= 15 is 0 Å². The summed E-state index contributed by atoms with van der Waals surface area (Å²) in [7, 11) is 0. The van der Waals surface area contributed by atoms with E-state index in [-0.39, 0.29) is 12.4 Å². The number of carbonyl (C=O) groups excluding carboxylic acids is 1. The highest BCUT2D eigenvalue weighted by Gasteiger charge is 2.51. The fourth-order valence-electron chi connectivity index (χ4n) is 2.40. The van der Waals surface area contributed by atoms with Crippen LogP contribution in [0.2, 0.25) is 5.02 Å². The molecule has 0 spiro atoms. The minimum Gasteiger partial charge on any atom is -0.466 e. The van der Waals surface area contributed by atoms with Crippen molar-refractivity contribution in [1.29, 1.82) is 0 Å². The van der Waals surface area contributed by atoms with Crippen molar-refractivity contribution in [3.8, 4) is 0 Å². The number of benzene rings is 1. The zero-order valence-corrected chi connectivity index (χ0v) is 13.0. The number of hydrogen-bond donors (Lipinski definition) is 1. The molecule has 0 bridgehead atoms. The predicted molar refractivity (Wildman–Crippen MR) is 82.2 cm³/mol. The van der Waals surface area contributed by atoms with Gasteiger partial charge in [0.15, 0.2) is 0 Å². The van der Waals surface area contributed by atoms with Crippen LogP contribution in [0.4, 0.5) is 10.1 Å². The molecule has 1 aliphatic carbocycles. The van der Waals surface area contributed by atoms with Crippen molar-refractivity contribution in [2.24, 2.45) is 0 Å². The van der Waals surface area contributed by atoms with Crippen LogP contribution in [0.3, 0.4) is 0 Å². The van der Waals surface area contributed by atoms with Crippen molar-refractivity contribution in [2.75, 3.05) is 12.3 Å². The van der Waals surface area contributed by atoms with Gasteiger partial charge in [-0.15, -0.1) is 0 Å². The Kier molecular flexibility index (Phi) is 5.09. The number of alkyl halides is 1. The number of nitrogens with two attached hydrogens (primary N) is 1. The highest BCUT2D eigenvalue weighted by Crippen LogP contribution is 2.52. The highest BCUT2D eigenvalue weighted by molar-refractivity contribution is 6.33. The van der Waals surface area contributed by atoms with E-state index in [4.69, 9.17) is 22.1 Å². The van der Waals surface area contributed by atoms with Gasteiger partial charge in [0.2, 0.25) is 0 Å². The summed E-state index contributed by atoms with van der Waals surface area (Å²) in [6.45, 7) is 2.41. The molecule has 0 radical (unpaired) electrons. The maximum atomic E-state index is 14.5. The van der Waals surface area contributed by atoms with E-state index < -0.39 is 11.6 Å². The van der Waals surface area contributed by atoms with E-state index in [9.17, 15) is 9.18 Å². The SMILES string of the molecule is CCCCOC(=O)CC(c1ccc(Cl)c(N)c1)C1(F)CC1. The van der Waals surface area contributed by atoms with Crippen molar-refractivity contribution in [3.63, 3.8) is 0 Å². The van der Waals surface area contributed by atoms with Gasteiger partial charge in [0, 0.05) is 5.92 Å². The number of hydrogen-bond acceptors (Lipinski definition) is 3. The van der Waals surface area contributed by atoms with Crippen LogP contribution >= 0.6 is 11.6 Å². The molecule has 21 heavy (non-hydrogen) atoms. The first kappa shape index (κ1) is 16.1. The molecule has 1 fully saturated rings. The summed E-state index contributed by atoms with van der Waals surface area (Å²) in [5, 5.41) is 0.437. The van der Waals surface area contributed by atoms with Crippen LogP contribution in [-0.4, -0.2) is 18.2 Å². The molecule has 0 aliphatic heterocycles. The number of anilines is 1. The van der Waals surface area contributed by atoms with Gasteiger partial charge >= 0.3 is 5.97 Å². The Balaban J connectivity index is 2.08. The van der Waals surface area contributed by atoms with Crippen molar-refractivity contribution < 1.29 is 13.9 Å². The molecule has 0 amide bonds. The van der Waals surface area contributed by atoms with E-state index in [0.717, 1.165) is 12.8 Å². The minimum atomic E-state index is -1.32. The van der Waals surface area contributed by atoms with Gasteiger partial charge in [-0.3, -0.25) is 4.79 Å². The Bertz CT molecular complexity index is 517. The zero-order chi connectivity index (χ0) is 15.5. The molecule has 1 aromatic rings. The van der Waals surface area contributed by atoms with E-state index in [1.165, 1.54) is 0 Å². The standard InChI is InChI=1S/C16H21ClFNO2/c1-2-3-8-21-15(20)10-12(16(18)6-7-16)11-4-5-13(17)14(19)9-11/h4-5,9,12H,2-3,6-8,10,19H2,1H3. The largest absolute Gasteiger partial charge is 0.466 e. The number of carbonyl (C=O) groups is 1. The molecule has 1 atom stereocenters. The third-order valence-electron chi connectivity index (χ3n) is 3.91. The van der Waals surface area contributed by atoms with Crippen LogP contribution in [-0.2, 0) is 9.53 Å². The van der Waals surface area contributed by atoms with Gasteiger partial charge in [0.1, 0.15) is 5.67 Å². The van der Waals surface area contributed by atoms with Gasteiger partial charge < -0.3 is 10.5 Å². The molecule has 1 aliphatic rings. The van der Waals surface area contributed by atoms with Gasteiger partial charge in [-0.2, -0.15) is 0 Å². The van der Waals surface area contributed by atoms with Crippen LogP contribution in [0.1, 0.15) is 50.5 Å². The second-order valence-electron chi connectivity index (χ2n) is 5.65. The summed E-state index contributed by atoms with van der Waals surface area (Å²) in [5.74, 6) is -0.864. The number of rotatable bonds is 7. The number of nitrogen functional groups attached to an aromatic ring is 1. The Morgan fingerprint density at radius 2 is 2.24 bits per heavy atom. The maximum absolute atomic E-state index is 14.5. The topological polar surface area (TPSA) is 52.3 Å². The molecule has 3 nitrogen and oxygen atoms in total. The van der Waals surface area contributed by atoms with Crippen molar-refractivity contribution in [2.45, 2.75) is 50.6 Å². The van der Waals surface area contributed by atoms with Crippen LogP contribution < -0.4 is 5.73 Å². The average Bonchev–Trinajstić information content (AvgIpc) is 3.19. The quantitative estimate of drug-likeness (QED) is 0.465. The van der Waals surface area contributed by atoms with Crippen LogP contribution in [0.25, 0.3) is 0 Å². The minimum absolute atomic E-state index is 0.0429. The van der Waals surface area contributed by atoms with E-state index in [1.807, 2.05) is 6.92 Å². The third kappa shape index (κ3) is 4.10. The van der Waals surface area contributed by atoms with Crippen LogP contribution in [0.15, 0.2) is 18.2 Å². The van der Waals surface area contributed by atoms with E-state index in [0.29, 0.717) is 35.7 Å². The van der Waals surface area contributed by atoms with Crippen molar-refractivity contribution in [1.82, 2.24) is 0 Å². The smallest absolute Gasteiger partial charge is 0.306 e. The molecule has 1 saturated carbocycles. The Hall–Kier alpha value is -1.29. The monoisotopic (exact) mass is 313 g/mol. The highest BCUT2D eigenvalue weighted by atomic mass is 35.5. The Morgan fingerprint density at radius 1 is 1.52 bits per heavy atom. The number of halogens is 2. The second kappa shape index (κ2) is 6.65. The third-order valence-corrected chi connectivity index (χ3v) is 4.25. The summed E-state index contributed by atoms with van der Waals surface area (Å²) >= 11 is 5.90. The Labute approximate surface area is 129 Å². The van der Waals surface area contributed by atoms with Gasteiger partial charge in [-0.25, -0.2) is 4.39 Å².